The number of allylic oxidation sites excluding steroid dienone is 3. The zero-order chi connectivity index (χ0) is 31.0. The molecule has 3 aromatic rings. The Morgan fingerprint density at radius 3 is 2.50 bits per heavy atom. The van der Waals surface area contributed by atoms with Crippen LogP contribution in [0.1, 0.15) is 67.4 Å². The van der Waals surface area contributed by atoms with Crippen LogP contribution in [0.25, 0.3) is 11.5 Å². The molecule has 1 atom stereocenters. The van der Waals surface area contributed by atoms with Crippen LogP contribution in [-0.4, -0.2) is 45.6 Å². The van der Waals surface area contributed by atoms with Crippen molar-refractivity contribution in [2.24, 2.45) is 5.73 Å². The minimum Gasteiger partial charge on any atom is -0.493 e. The Hall–Kier alpha value is -4.17. The van der Waals surface area contributed by atoms with Crippen LogP contribution in [0.15, 0.2) is 65.1 Å². The van der Waals surface area contributed by atoms with Gasteiger partial charge < -0.3 is 24.9 Å². The van der Waals surface area contributed by atoms with E-state index in [-0.39, 0.29) is 11.4 Å². The van der Waals surface area contributed by atoms with E-state index in [0.717, 1.165) is 28.1 Å². The molecule has 1 aliphatic heterocycles. The second-order valence-corrected chi connectivity index (χ2v) is 11.6. The number of hydrogen-bond donors (Lipinski definition) is 2. The Morgan fingerprint density at radius 1 is 1.14 bits per heavy atom. The lowest BCUT2D eigenvalue weighted by Gasteiger charge is -2.34. The SMILES string of the molecule is CC(C)(C)N.CC=CC=CC(=O)N1CCc2ccc(OCCc3nc(-c4ccc(C)cc4C)oc3C)cc2C1C(=O)O. The summed E-state index contributed by atoms with van der Waals surface area (Å²) in [6.07, 6.45) is 7.68. The van der Waals surface area contributed by atoms with Gasteiger partial charge in [-0.25, -0.2) is 9.78 Å². The fourth-order valence-corrected chi connectivity index (χ4v) is 4.63. The number of benzene rings is 2. The summed E-state index contributed by atoms with van der Waals surface area (Å²) in [6.45, 7) is 14.4. The number of hydrogen-bond acceptors (Lipinski definition) is 6. The molecule has 2 aromatic carbocycles. The van der Waals surface area contributed by atoms with Gasteiger partial charge >= 0.3 is 5.97 Å². The number of amides is 1. The molecule has 2 heterocycles. The Bertz CT molecular complexity index is 1460. The van der Waals surface area contributed by atoms with Crippen molar-refractivity contribution in [1.82, 2.24) is 9.88 Å². The maximum absolute atomic E-state index is 12.7. The molecule has 0 fully saturated rings. The first-order valence-corrected chi connectivity index (χ1v) is 14.2. The number of carbonyl (C=O) groups is 2. The molecule has 0 radical (unpaired) electrons. The summed E-state index contributed by atoms with van der Waals surface area (Å²) in [5, 5.41) is 9.96. The van der Waals surface area contributed by atoms with Crippen molar-refractivity contribution in [1.29, 1.82) is 0 Å². The third kappa shape index (κ3) is 8.91. The summed E-state index contributed by atoms with van der Waals surface area (Å²) < 4.78 is 11.9. The highest BCUT2D eigenvalue weighted by molar-refractivity contribution is 5.92. The second kappa shape index (κ2) is 14.1. The number of nitrogens with two attached hydrogens (primary N) is 1. The van der Waals surface area contributed by atoms with Gasteiger partial charge in [0.15, 0.2) is 6.04 Å². The van der Waals surface area contributed by atoms with Gasteiger partial charge in [0.1, 0.15) is 11.5 Å². The molecule has 8 nitrogen and oxygen atoms in total. The highest BCUT2D eigenvalue weighted by Gasteiger charge is 2.35. The topological polar surface area (TPSA) is 119 Å². The Labute approximate surface area is 248 Å². The van der Waals surface area contributed by atoms with Crippen LogP contribution >= 0.6 is 0 Å². The van der Waals surface area contributed by atoms with Crippen molar-refractivity contribution in [3.63, 3.8) is 0 Å². The van der Waals surface area contributed by atoms with Gasteiger partial charge in [0.05, 0.1) is 12.3 Å². The van der Waals surface area contributed by atoms with E-state index in [1.165, 1.54) is 16.5 Å². The fraction of sp³-hybridized carbons (Fsp3) is 0.382. The Kier molecular flexibility index (Phi) is 10.9. The molecule has 224 valence electrons. The molecule has 1 unspecified atom stereocenters. The summed E-state index contributed by atoms with van der Waals surface area (Å²) >= 11 is 0. The van der Waals surface area contributed by atoms with Gasteiger partial charge in [-0.2, -0.15) is 0 Å². The monoisotopic (exact) mass is 573 g/mol. The molecule has 0 saturated carbocycles. The molecule has 1 aromatic heterocycles. The Balaban J connectivity index is 0.000000892. The van der Waals surface area contributed by atoms with Gasteiger partial charge in [-0.1, -0.05) is 42.0 Å². The van der Waals surface area contributed by atoms with E-state index in [0.29, 0.717) is 43.2 Å². The lowest BCUT2D eigenvalue weighted by Crippen LogP contribution is -2.42. The predicted octanol–water partition coefficient (Wildman–Crippen LogP) is 6.27. The van der Waals surface area contributed by atoms with Gasteiger partial charge in [-0.05, 0) is 89.8 Å². The number of carboxylic acids is 1. The molecule has 1 amide bonds. The zero-order valence-electron chi connectivity index (χ0n) is 25.7. The minimum atomic E-state index is -1.07. The average Bonchev–Trinajstić information content (AvgIpc) is 3.26. The van der Waals surface area contributed by atoms with Gasteiger partial charge in [0.25, 0.3) is 0 Å². The van der Waals surface area contributed by atoms with Gasteiger partial charge in [0, 0.05) is 30.1 Å². The maximum Gasteiger partial charge on any atom is 0.331 e. The molecular formula is C34H43N3O5. The summed E-state index contributed by atoms with van der Waals surface area (Å²) in [5.74, 6) is 0.498. The number of oxazole rings is 1. The maximum atomic E-state index is 12.7. The number of rotatable bonds is 8. The van der Waals surface area contributed by atoms with Crippen LogP contribution in [-0.2, 0) is 22.4 Å². The van der Waals surface area contributed by atoms with Crippen LogP contribution in [0.5, 0.6) is 5.75 Å². The van der Waals surface area contributed by atoms with E-state index in [1.54, 1.807) is 24.3 Å². The summed E-state index contributed by atoms with van der Waals surface area (Å²) in [6, 6.07) is 10.6. The minimum absolute atomic E-state index is 0. The number of aliphatic carboxylic acids is 1. The van der Waals surface area contributed by atoms with Crippen molar-refractivity contribution in [2.45, 2.75) is 72.9 Å². The molecule has 42 heavy (non-hydrogen) atoms. The van der Waals surface area contributed by atoms with Crippen molar-refractivity contribution in [3.8, 4) is 17.2 Å². The normalized spacial score (nSPS) is 15.0. The highest BCUT2D eigenvalue weighted by Crippen LogP contribution is 2.33. The van der Waals surface area contributed by atoms with Crippen molar-refractivity contribution >= 4 is 11.9 Å². The largest absolute Gasteiger partial charge is 0.493 e. The van der Waals surface area contributed by atoms with E-state index in [2.05, 4.69) is 18.0 Å². The summed E-state index contributed by atoms with van der Waals surface area (Å²) in [4.78, 5) is 30.9. The van der Waals surface area contributed by atoms with Crippen molar-refractivity contribution < 1.29 is 23.8 Å². The molecule has 3 N–H and O–H groups in total. The van der Waals surface area contributed by atoms with Crippen LogP contribution in [0.4, 0.5) is 0 Å². The van der Waals surface area contributed by atoms with Crippen LogP contribution < -0.4 is 10.5 Å². The van der Waals surface area contributed by atoms with E-state index < -0.39 is 12.0 Å². The summed E-state index contributed by atoms with van der Waals surface area (Å²) in [5.41, 5.74) is 10.9. The van der Waals surface area contributed by atoms with Crippen LogP contribution in [0, 0.1) is 20.8 Å². The highest BCUT2D eigenvalue weighted by atomic mass is 16.5. The number of fused-ring (bicyclic) bond motifs is 1. The lowest BCUT2D eigenvalue weighted by molar-refractivity contribution is -0.149. The number of carbonyl (C=O) groups excluding carboxylic acids is 1. The smallest absolute Gasteiger partial charge is 0.331 e. The molecule has 4 rings (SSSR count). The van der Waals surface area contributed by atoms with Crippen molar-refractivity contribution in [2.75, 3.05) is 13.2 Å². The first-order chi connectivity index (χ1) is 19.8. The number of aryl methyl sites for hydroxylation is 3. The average molecular weight is 574 g/mol. The van der Waals surface area contributed by atoms with E-state index >= 15 is 0 Å². The first-order valence-electron chi connectivity index (χ1n) is 14.2. The van der Waals surface area contributed by atoms with Gasteiger partial charge in [0.2, 0.25) is 11.8 Å². The summed E-state index contributed by atoms with van der Waals surface area (Å²) in [7, 11) is 0. The van der Waals surface area contributed by atoms with Gasteiger partial charge in [-0.3, -0.25) is 4.79 Å². The van der Waals surface area contributed by atoms with E-state index in [1.807, 2.05) is 65.8 Å². The molecule has 1 aliphatic rings. The molecule has 0 saturated heterocycles. The lowest BCUT2D eigenvalue weighted by atomic mass is 9.92. The third-order valence-electron chi connectivity index (χ3n) is 6.52. The third-order valence-corrected chi connectivity index (χ3v) is 6.52. The number of aromatic nitrogens is 1. The van der Waals surface area contributed by atoms with E-state index in [9.17, 15) is 14.7 Å². The van der Waals surface area contributed by atoms with Crippen LogP contribution in [0.3, 0.4) is 0 Å². The quantitative estimate of drug-likeness (QED) is 0.241. The second-order valence-electron chi connectivity index (χ2n) is 11.6. The van der Waals surface area contributed by atoms with Crippen molar-refractivity contribution in [3.05, 3.63) is 94.4 Å². The standard InChI is InChI=1S/C30H32N2O5.C4H11N/c1-5-6-7-8-27(33)32-15-13-22-10-11-23(18-25(22)28(32)30(34)35)36-16-14-26-21(4)37-29(31-26)24-12-9-19(2)17-20(24)3;1-4(2,3)5/h5-12,17-18,28H,13-16H2,1-4H3,(H,34,35);5H2,1-3H3. The van der Waals surface area contributed by atoms with Gasteiger partial charge in [-0.15, -0.1) is 0 Å². The fourth-order valence-electron chi connectivity index (χ4n) is 4.63. The molecule has 0 bridgehead atoms. The van der Waals surface area contributed by atoms with Crippen LogP contribution in [0.2, 0.25) is 0 Å². The Morgan fingerprint density at radius 2 is 1.86 bits per heavy atom. The predicted molar refractivity (Wildman–Crippen MR) is 165 cm³/mol. The zero-order valence-corrected chi connectivity index (χ0v) is 25.7. The molecule has 0 spiro atoms. The molecule has 8 heteroatoms. The first kappa shape index (κ1) is 32.3. The number of ether oxygens (including phenoxy) is 1. The molecular weight excluding hydrogens is 530 g/mol. The number of carboxylic acid groups (broad SMARTS) is 1. The van der Waals surface area contributed by atoms with E-state index in [4.69, 9.17) is 14.9 Å². The molecule has 0 aliphatic carbocycles. The number of nitrogens with zero attached hydrogens (tertiary/aromatic N) is 2.